The maximum absolute atomic E-state index is 13.7. The molecule has 3 rings (SSSR count). The number of fused-ring (bicyclic) bond motifs is 1. The number of benzene rings is 2. The summed E-state index contributed by atoms with van der Waals surface area (Å²) >= 11 is 3.37. The van der Waals surface area contributed by atoms with E-state index in [9.17, 15) is 9.50 Å². The van der Waals surface area contributed by atoms with Crippen LogP contribution in [0.25, 0.3) is 22.4 Å². The number of aromatic nitrogens is 2. The van der Waals surface area contributed by atoms with Crippen LogP contribution in [0.2, 0.25) is 0 Å². The van der Waals surface area contributed by atoms with Gasteiger partial charge in [-0.15, -0.1) is 0 Å². The quantitative estimate of drug-likeness (QED) is 0.717. The number of rotatable bonds is 1. The van der Waals surface area contributed by atoms with Crippen LogP contribution < -0.4 is 0 Å². The Morgan fingerprint density at radius 1 is 1.17 bits per heavy atom. The largest absolute Gasteiger partial charge is 0.508 e. The highest BCUT2D eigenvalue weighted by Crippen LogP contribution is 2.26. The third-order valence-corrected chi connectivity index (χ3v) is 3.14. The van der Waals surface area contributed by atoms with Crippen LogP contribution >= 0.6 is 15.9 Å². The molecule has 0 fully saturated rings. The standard InChI is InChI=1S/C13H8BrFN2O/c14-7-1-4-11-12(5-7)17-13(16-11)9-3-2-8(18)6-10(9)15/h1-6,18H,(H,16,17). The van der Waals surface area contributed by atoms with E-state index in [4.69, 9.17) is 0 Å². The second-order valence-electron chi connectivity index (χ2n) is 3.91. The molecular formula is C13H8BrFN2O. The lowest BCUT2D eigenvalue weighted by Crippen LogP contribution is -1.85. The number of imidazole rings is 1. The highest BCUT2D eigenvalue weighted by atomic mass is 79.9. The molecule has 5 heteroatoms. The number of phenolic OH excluding ortho intramolecular Hbond substituents is 1. The van der Waals surface area contributed by atoms with E-state index in [0.717, 1.165) is 21.6 Å². The Kier molecular flexibility index (Phi) is 2.56. The van der Waals surface area contributed by atoms with Crippen LogP contribution in [0.5, 0.6) is 5.75 Å². The first-order valence-electron chi connectivity index (χ1n) is 5.27. The highest BCUT2D eigenvalue weighted by Gasteiger charge is 2.10. The summed E-state index contributed by atoms with van der Waals surface area (Å²) < 4.78 is 14.6. The lowest BCUT2D eigenvalue weighted by atomic mass is 10.2. The minimum Gasteiger partial charge on any atom is -0.508 e. The fraction of sp³-hybridized carbons (Fsp3) is 0. The van der Waals surface area contributed by atoms with Crippen molar-refractivity contribution in [2.24, 2.45) is 0 Å². The van der Waals surface area contributed by atoms with E-state index >= 15 is 0 Å². The molecule has 0 radical (unpaired) electrons. The van der Waals surface area contributed by atoms with Crippen LogP contribution in [0.3, 0.4) is 0 Å². The molecule has 0 saturated heterocycles. The third-order valence-electron chi connectivity index (χ3n) is 2.65. The lowest BCUT2D eigenvalue weighted by molar-refractivity contribution is 0.469. The number of phenols is 1. The Morgan fingerprint density at radius 3 is 2.78 bits per heavy atom. The van der Waals surface area contributed by atoms with Gasteiger partial charge in [-0.25, -0.2) is 9.37 Å². The fourth-order valence-electron chi connectivity index (χ4n) is 1.81. The number of H-pyrrole nitrogens is 1. The number of halogens is 2. The highest BCUT2D eigenvalue weighted by molar-refractivity contribution is 9.10. The molecular weight excluding hydrogens is 299 g/mol. The van der Waals surface area contributed by atoms with E-state index in [2.05, 4.69) is 25.9 Å². The summed E-state index contributed by atoms with van der Waals surface area (Å²) in [5, 5.41) is 9.18. The minimum atomic E-state index is -0.506. The molecule has 3 aromatic rings. The van der Waals surface area contributed by atoms with Crippen LogP contribution in [0.1, 0.15) is 0 Å². The van der Waals surface area contributed by atoms with Gasteiger partial charge in [-0.05, 0) is 30.3 Å². The zero-order valence-electron chi connectivity index (χ0n) is 9.11. The third kappa shape index (κ3) is 1.86. The molecule has 2 aromatic carbocycles. The zero-order chi connectivity index (χ0) is 12.7. The Hall–Kier alpha value is -1.88. The van der Waals surface area contributed by atoms with Gasteiger partial charge >= 0.3 is 0 Å². The Bertz CT molecular complexity index is 739. The van der Waals surface area contributed by atoms with E-state index in [0.29, 0.717) is 11.4 Å². The molecule has 0 amide bonds. The Balaban J connectivity index is 2.19. The number of aromatic hydroxyl groups is 1. The molecule has 0 aliphatic carbocycles. The Labute approximate surface area is 110 Å². The smallest absolute Gasteiger partial charge is 0.141 e. The van der Waals surface area contributed by atoms with Crippen molar-refractivity contribution in [3.05, 3.63) is 46.7 Å². The van der Waals surface area contributed by atoms with Crippen molar-refractivity contribution in [2.75, 3.05) is 0 Å². The molecule has 3 nitrogen and oxygen atoms in total. The van der Waals surface area contributed by atoms with Crippen molar-refractivity contribution in [3.63, 3.8) is 0 Å². The second-order valence-corrected chi connectivity index (χ2v) is 4.83. The van der Waals surface area contributed by atoms with Crippen molar-refractivity contribution < 1.29 is 9.50 Å². The molecule has 1 aromatic heterocycles. The van der Waals surface area contributed by atoms with Crippen LogP contribution in [-0.4, -0.2) is 15.1 Å². The van der Waals surface area contributed by atoms with Crippen molar-refractivity contribution in [3.8, 4) is 17.1 Å². The SMILES string of the molecule is Oc1ccc(-c2nc3ccc(Br)cc3[nH]2)c(F)c1. The average molecular weight is 307 g/mol. The van der Waals surface area contributed by atoms with E-state index in [1.54, 1.807) is 0 Å². The maximum Gasteiger partial charge on any atom is 0.141 e. The van der Waals surface area contributed by atoms with Gasteiger partial charge in [0, 0.05) is 10.5 Å². The van der Waals surface area contributed by atoms with Crippen LogP contribution in [0.4, 0.5) is 4.39 Å². The van der Waals surface area contributed by atoms with Crippen LogP contribution in [0.15, 0.2) is 40.9 Å². The van der Waals surface area contributed by atoms with Crippen LogP contribution in [-0.2, 0) is 0 Å². The predicted octanol–water partition coefficient (Wildman–Crippen LogP) is 3.84. The molecule has 0 atom stereocenters. The van der Waals surface area contributed by atoms with Crippen molar-refractivity contribution >= 4 is 27.0 Å². The Morgan fingerprint density at radius 2 is 2.00 bits per heavy atom. The second kappa shape index (κ2) is 4.10. The summed E-state index contributed by atoms with van der Waals surface area (Å²) in [5.74, 6) is -0.163. The van der Waals surface area contributed by atoms with Gasteiger partial charge in [0.2, 0.25) is 0 Å². The molecule has 0 aliphatic rings. The van der Waals surface area contributed by atoms with E-state index in [-0.39, 0.29) is 5.75 Å². The van der Waals surface area contributed by atoms with Crippen LogP contribution in [0, 0.1) is 5.82 Å². The number of aromatic amines is 1. The summed E-state index contributed by atoms with van der Waals surface area (Å²) in [4.78, 5) is 7.37. The van der Waals surface area contributed by atoms with Gasteiger partial charge in [0.1, 0.15) is 17.4 Å². The number of hydrogen-bond acceptors (Lipinski definition) is 2. The topological polar surface area (TPSA) is 48.9 Å². The summed E-state index contributed by atoms with van der Waals surface area (Å²) in [5.41, 5.74) is 1.92. The molecule has 1 heterocycles. The maximum atomic E-state index is 13.7. The van der Waals surface area contributed by atoms with Gasteiger partial charge in [0.15, 0.2) is 0 Å². The lowest BCUT2D eigenvalue weighted by Gasteiger charge is -1.99. The predicted molar refractivity (Wildman–Crippen MR) is 70.9 cm³/mol. The number of hydrogen-bond donors (Lipinski definition) is 2. The number of nitrogens with one attached hydrogen (secondary N) is 1. The molecule has 0 aliphatic heterocycles. The van der Waals surface area contributed by atoms with E-state index in [1.165, 1.54) is 12.1 Å². The summed E-state index contributed by atoms with van der Waals surface area (Å²) in [6, 6.07) is 9.60. The monoisotopic (exact) mass is 306 g/mol. The average Bonchev–Trinajstić information content (AvgIpc) is 2.71. The molecule has 0 bridgehead atoms. The molecule has 0 unspecified atom stereocenters. The first-order chi connectivity index (χ1) is 8.63. The number of nitrogens with zero attached hydrogens (tertiary/aromatic N) is 1. The molecule has 2 N–H and O–H groups in total. The molecule has 0 spiro atoms. The van der Waals surface area contributed by atoms with E-state index < -0.39 is 5.82 Å². The molecule has 0 saturated carbocycles. The van der Waals surface area contributed by atoms with Crippen molar-refractivity contribution in [1.82, 2.24) is 9.97 Å². The van der Waals surface area contributed by atoms with Crippen molar-refractivity contribution in [1.29, 1.82) is 0 Å². The van der Waals surface area contributed by atoms with Gasteiger partial charge in [-0.2, -0.15) is 0 Å². The first-order valence-corrected chi connectivity index (χ1v) is 6.07. The molecule has 18 heavy (non-hydrogen) atoms. The van der Waals surface area contributed by atoms with Crippen molar-refractivity contribution in [2.45, 2.75) is 0 Å². The summed E-state index contributed by atoms with van der Waals surface area (Å²) in [7, 11) is 0. The molecule has 90 valence electrons. The normalized spacial score (nSPS) is 11.0. The first kappa shape index (κ1) is 11.2. The van der Waals surface area contributed by atoms with E-state index in [1.807, 2.05) is 18.2 Å². The van der Waals surface area contributed by atoms with Gasteiger partial charge < -0.3 is 10.1 Å². The summed E-state index contributed by atoms with van der Waals surface area (Å²) in [6.07, 6.45) is 0. The van der Waals surface area contributed by atoms with Gasteiger partial charge in [-0.3, -0.25) is 0 Å². The zero-order valence-corrected chi connectivity index (χ0v) is 10.7. The minimum absolute atomic E-state index is 0.102. The summed E-state index contributed by atoms with van der Waals surface area (Å²) in [6.45, 7) is 0. The van der Waals surface area contributed by atoms with Gasteiger partial charge in [0.05, 0.1) is 16.6 Å². The van der Waals surface area contributed by atoms with Gasteiger partial charge in [-0.1, -0.05) is 15.9 Å². The fourth-order valence-corrected chi connectivity index (χ4v) is 2.17. The van der Waals surface area contributed by atoms with Gasteiger partial charge in [0.25, 0.3) is 0 Å².